The molecular weight excluding hydrogens is 212 g/mol. The molecule has 1 rings (SSSR count). The second kappa shape index (κ2) is 7.07. The first-order valence-electron chi connectivity index (χ1n) is 6.23. The topological polar surface area (TPSA) is 55.1 Å². The van der Waals surface area contributed by atoms with Crippen LogP contribution in [-0.4, -0.2) is 12.5 Å². The summed E-state index contributed by atoms with van der Waals surface area (Å²) in [5, 5.41) is 3.04. The minimum atomic E-state index is 0.0860. The largest absolute Gasteiger partial charge is 0.349 e. The highest BCUT2D eigenvalue weighted by Gasteiger charge is 2.11. The molecule has 1 amide bonds. The van der Waals surface area contributed by atoms with Gasteiger partial charge in [-0.25, -0.2) is 0 Å². The zero-order valence-electron chi connectivity index (χ0n) is 10.7. The van der Waals surface area contributed by atoms with Gasteiger partial charge in [0.15, 0.2) is 0 Å². The lowest BCUT2D eigenvalue weighted by molar-refractivity contribution is -0.121. The highest BCUT2D eigenvalue weighted by Crippen LogP contribution is 2.17. The predicted molar refractivity (Wildman–Crippen MR) is 70.6 cm³/mol. The van der Waals surface area contributed by atoms with E-state index in [9.17, 15) is 4.79 Å². The van der Waals surface area contributed by atoms with E-state index in [4.69, 9.17) is 5.73 Å². The summed E-state index contributed by atoms with van der Waals surface area (Å²) < 4.78 is 0. The standard InChI is InChI=1S/C14H22N2O/c1-3-13(16-14(17)5-4-10-15)12-8-6-11(2)7-9-12/h6-9,13H,3-5,10,15H2,1-2H3,(H,16,17). The molecular formula is C14H22N2O. The van der Waals surface area contributed by atoms with E-state index in [1.807, 2.05) is 0 Å². The summed E-state index contributed by atoms with van der Waals surface area (Å²) in [6.07, 6.45) is 2.16. The van der Waals surface area contributed by atoms with E-state index < -0.39 is 0 Å². The first-order valence-corrected chi connectivity index (χ1v) is 6.23. The summed E-state index contributed by atoms with van der Waals surface area (Å²) in [5.41, 5.74) is 7.79. The lowest BCUT2D eigenvalue weighted by atomic mass is 10.0. The summed E-state index contributed by atoms with van der Waals surface area (Å²) in [4.78, 5) is 11.6. The third kappa shape index (κ3) is 4.57. The van der Waals surface area contributed by atoms with Crippen molar-refractivity contribution in [3.05, 3.63) is 35.4 Å². The Hall–Kier alpha value is -1.35. The van der Waals surface area contributed by atoms with Crippen LogP contribution >= 0.6 is 0 Å². The van der Waals surface area contributed by atoms with Gasteiger partial charge in [-0.05, 0) is 31.9 Å². The van der Waals surface area contributed by atoms with Gasteiger partial charge in [0.2, 0.25) is 5.91 Å². The first-order chi connectivity index (χ1) is 8.17. The molecule has 1 aromatic carbocycles. The molecule has 0 aliphatic heterocycles. The van der Waals surface area contributed by atoms with Gasteiger partial charge in [0.1, 0.15) is 0 Å². The highest BCUT2D eigenvalue weighted by atomic mass is 16.1. The minimum absolute atomic E-state index is 0.0860. The van der Waals surface area contributed by atoms with Gasteiger partial charge >= 0.3 is 0 Å². The maximum Gasteiger partial charge on any atom is 0.220 e. The number of benzene rings is 1. The van der Waals surface area contributed by atoms with Gasteiger partial charge in [0.25, 0.3) is 0 Å². The summed E-state index contributed by atoms with van der Waals surface area (Å²) >= 11 is 0. The first kappa shape index (κ1) is 13.7. The Labute approximate surface area is 103 Å². The van der Waals surface area contributed by atoms with Gasteiger partial charge in [-0.2, -0.15) is 0 Å². The maximum atomic E-state index is 11.6. The third-order valence-corrected chi connectivity index (χ3v) is 2.83. The lowest BCUT2D eigenvalue weighted by Gasteiger charge is -2.17. The molecule has 0 fully saturated rings. The third-order valence-electron chi connectivity index (χ3n) is 2.83. The molecule has 0 saturated carbocycles. The molecule has 0 spiro atoms. The number of hydrogen-bond acceptors (Lipinski definition) is 2. The van der Waals surface area contributed by atoms with Gasteiger partial charge in [-0.1, -0.05) is 36.8 Å². The number of rotatable bonds is 6. The molecule has 17 heavy (non-hydrogen) atoms. The van der Waals surface area contributed by atoms with Crippen LogP contribution < -0.4 is 11.1 Å². The van der Waals surface area contributed by atoms with Crippen LogP contribution in [0.3, 0.4) is 0 Å². The summed E-state index contributed by atoms with van der Waals surface area (Å²) in [7, 11) is 0. The van der Waals surface area contributed by atoms with Crippen LogP contribution in [0.5, 0.6) is 0 Å². The molecule has 1 unspecified atom stereocenters. The van der Waals surface area contributed by atoms with Crippen molar-refractivity contribution in [1.29, 1.82) is 0 Å². The van der Waals surface area contributed by atoms with Crippen molar-refractivity contribution in [3.8, 4) is 0 Å². The van der Waals surface area contributed by atoms with Crippen molar-refractivity contribution in [1.82, 2.24) is 5.32 Å². The van der Waals surface area contributed by atoms with Crippen LogP contribution in [0.2, 0.25) is 0 Å². The molecule has 1 atom stereocenters. The molecule has 3 nitrogen and oxygen atoms in total. The molecule has 0 aromatic heterocycles. The number of nitrogens with two attached hydrogens (primary N) is 1. The van der Waals surface area contributed by atoms with E-state index in [1.54, 1.807) is 0 Å². The van der Waals surface area contributed by atoms with Crippen molar-refractivity contribution in [2.24, 2.45) is 5.73 Å². The fourth-order valence-corrected chi connectivity index (χ4v) is 1.75. The number of hydrogen-bond donors (Lipinski definition) is 2. The van der Waals surface area contributed by atoms with E-state index in [1.165, 1.54) is 11.1 Å². The van der Waals surface area contributed by atoms with Crippen molar-refractivity contribution in [2.75, 3.05) is 6.54 Å². The molecule has 0 bridgehead atoms. The minimum Gasteiger partial charge on any atom is -0.349 e. The molecule has 0 heterocycles. The van der Waals surface area contributed by atoms with Gasteiger partial charge in [0.05, 0.1) is 6.04 Å². The van der Waals surface area contributed by atoms with Crippen LogP contribution in [0.4, 0.5) is 0 Å². The van der Waals surface area contributed by atoms with Crippen LogP contribution in [0.15, 0.2) is 24.3 Å². The van der Waals surface area contributed by atoms with E-state index >= 15 is 0 Å². The van der Waals surface area contributed by atoms with Crippen LogP contribution in [-0.2, 0) is 4.79 Å². The summed E-state index contributed by atoms with van der Waals surface area (Å²) in [6.45, 7) is 4.70. The number of amides is 1. The fraction of sp³-hybridized carbons (Fsp3) is 0.500. The van der Waals surface area contributed by atoms with E-state index in [-0.39, 0.29) is 11.9 Å². The molecule has 1 aromatic rings. The smallest absolute Gasteiger partial charge is 0.220 e. The second-order valence-electron chi connectivity index (χ2n) is 4.33. The quantitative estimate of drug-likeness (QED) is 0.793. The van der Waals surface area contributed by atoms with Gasteiger partial charge in [0, 0.05) is 6.42 Å². The molecule has 94 valence electrons. The molecule has 3 heteroatoms. The van der Waals surface area contributed by atoms with Gasteiger partial charge in [-0.3, -0.25) is 4.79 Å². The van der Waals surface area contributed by atoms with E-state index in [2.05, 4.69) is 43.4 Å². The van der Waals surface area contributed by atoms with Crippen LogP contribution in [0.1, 0.15) is 43.4 Å². The molecule has 0 radical (unpaired) electrons. The normalized spacial score (nSPS) is 12.2. The monoisotopic (exact) mass is 234 g/mol. The maximum absolute atomic E-state index is 11.6. The van der Waals surface area contributed by atoms with Gasteiger partial charge < -0.3 is 11.1 Å². The highest BCUT2D eigenvalue weighted by molar-refractivity contribution is 5.76. The molecule has 3 N–H and O–H groups in total. The van der Waals surface area contributed by atoms with Crippen molar-refractivity contribution >= 4 is 5.91 Å². The van der Waals surface area contributed by atoms with Crippen molar-refractivity contribution in [2.45, 2.75) is 39.2 Å². The number of carbonyl (C=O) groups is 1. The van der Waals surface area contributed by atoms with Gasteiger partial charge in [-0.15, -0.1) is 0 Å². The average Bonchev–Trinajstić information content (AvgIpc) is 2.34. The number of aryl methyl sites for hydroxylation is 1. The van der Waals surface area contributed by atoms with E-state index in [0.29, 0.717) is 13.0 Å². The number of carbonyl (C=O) groups excluding carboxylic acids is 1. The number of nitrogens with one attached hydrogen (secondary N) is 1. The molecule has 0 aliphatic carbocycles. The Balaban J connectivity index is 2.59. The Morgan fingerprint density at radius 1 is 1.35 bits per heavy atom. The Bertz CT molecular complexity index is 346. The molecule has 0 saturated heterocycles. The molecule has 0 aliphatic rings. The SMILES string of the molecule is CCC(NC(=O)CCCN)c1ccc(C)cc1. The van der Waals surface area contributed by atoms with Crippen LogP contribution in [0, 0.1) is 6.92 Å². The van der Waals surface area contributed by atoms with Crippen molar-refractivity contribution in [3.63, 3.8) is 0 Å². The average molecular weight is 234 g/mol. The fourth-order valence-electron chi connectivity index (χ4n) is 1.75. The Kier molecular flexibility index (Phi) is 5.70. The summed E-state index contributed by atoms with van der Waals surface area (Å²) in [6, 6.07) is 8.41. The zero-order chi connectivity index (χ0) is 12.7. The Morgan fingerprint density at radius 3 is 2.53 bits per heavy atom. The Morgan fingerprint density at radius 2 is 2.00 bits per heavy atom. The predicted octanol–water partition coefficient (Wildman–Crippen LogP) is 2.30. The van der Waals surface area contributed by atoms with E-state index in [0.717, 1.165) is 12.8 Å². The zero-order valence-corrected chi connectivity index (χ0v) is 10.7. The lowest BCUT2D eigenvalue weighted by Crippen LogP contribution is -2.28. The summed E-state index contributed by atoms with van der Waals surface area (Å²) in [5.74, 6) is 0.0860. The van der Waals surface area contributed by atoms with Crippen molar-refractivity contribution < 1.29 is 4.79 Å². The second-order valence-corrected chi connectivity index (χ2v) is 4.33. The van der Waals surface area contributed by atoms with Crippen LogP contribution in [0.25, 0.3) is 0 Å².